The van der Waals surface area contributed by atoms with Crippen LogP contribution >= 0.6 is 0 Å². The van der Waals surface area contributed by atoms with Crippen LogP contribution in [-0.4, -0.2) is 35.7 Å². The van der Waals surface area contributed by atoms with Crippen molar-refractivity contribution >= 4 is 17.7 Å². The number of methoxy groups -OCH3 is 1. The smallest absolute Gasteiger partial charge is 0.408 e. The summed E-state index contributed by atoms with van der Waals surface area (Å²) in [6.07, 6.45) is -1.10. The molecule has 0 aromatic heterocycles. The minimum atomic E-state index is -1.25. The van der Waals surface area contributed by atoms with Crippen molar-refractivity contribution in [2.75, 3.05) is 7.11 Å². The summed E-state index contributed by atoms with van der Waals surface area (Å²) in [7, 11) is 1.16. The Balaban J connectivity index is 1.95. The van der Waals surface area contributed by atoms with Crippen LogP contribution in [-0.2, 0) is 33.9 Å². The molecule has 206 valence electrons. The lowest BCUT2D eigenvalue weighted by molar-refractivity contribution is -0.385. The van der Waals surface area contributed by atoms with Gasteiger partial charge in [-0.3, -0.25) is 10.1 Å². The molecule has 3 rings (SSSR count). The van der Waals surface area contributed by atoms with E-state index in [1.165, 1.54) is 12.1 Å². The van der Waals surface area contributed by atoms with Gasteiger partial charge in [-0.2, -0.15) is 0 Å². The highest BCUT2D eigenvalue weighted by Crippen LogP contribution is 2.36. The monoisotopic (exact) mass is 536 g/mol. The average Bonchev–Trinajstić information content (AvgIpc) is 2.90. The maximum atomic E-state index is 12.5. The number of carbonyl (C=O) groups is 2. The first-order chi connectivity index (χ1) is 18.6. The molecule has 3 aromatic rings. The Hall–Kier alpha value is -4.60. The number of ether oxygens (including phenoxy) is 4. The molecule has 1 amide bonds. The average molecular weight is 537 g/mol. The Labute approximate surface area is 227 Å². The lowest BCUT2D eigenvalue weighted by Gasteiger charge is -2.23. The molecule has 3 aromatic carbocycles. The molecule has 0 radical (unpaired) electrons. The molecule has 0 bridgehead atoms. The van der Waals surface area contributed by atoms with Crippen LogP contribution in [0, 0.1) is 10.1 Å². The van der Waals surface area contributed by atoms with Gasteiger partial charge >= 0.3 is 12.1 Å². The first-order valence-electron chi connectivity index (χ1n) is 12.3. The Morgan fingerprint density at radius 2 is 1.41 bits per heavy atom. The third-order valence-electron chi connectivity index (χ3n) is 5.42. The van der Waals surface area contributed by atoms with Gasteiger partial charge in [0.2, 0.25) is 0 Å². The number of esters is 1. The quantitative estimate of drug-likeness (QED) is 0.197. The normalized spacial score (nSPS) is 11.7. The van der Waals surface area contributed by atoms with Crippen LogP contribution < -0.4 is 14.8 Å². The van der Waals surface area contributed by atoms with Crippen molar-refractivity contribution in [3.05, 3.63) is 99.6 Å². The fourth-order valence-electron chi connectivity index (χ4n) is 3.63. The predicted molar refractivity (Wildman–Crippen MR) is 144 cm³/mol. The van der Waals surface area contributed by atoms with Crippen molar-refractivity contribution in [2.45, 2.75) is 52.0 Å². The Bertz CT molecular complexity index is 1270. The van der Waals surface area contributed by atoms with Crippen LogP contribution in [0.3, 0.4) is 0 Å². The van der Waals surface area contributed by atoms with Crippen LogP contribution in [0.1, 0.15) is 37.5 Å². The molecule has 0 unspecified atom stereocenters. The Morgan fingerprint density at radius 3 is 1.87 bits per heavy atom. The minimum Gasteiger partial charge on any atom is -0.485 e. The standard InChI is InChI=1S/C29H32N2O8/c1-29(2,3)39-28(33)30-23(27(32)36-4)15-22-16-25(37-18-20-11-7-5-8-12-20)26(17-24(22)31(34)35)38-19-21-13-9-6-10-14-21/h5-14,16-17,23H,15,18-19H2,1-4H3,(H,30,33)/t23-/m0/s1. The number of carbonyl (C=O) groups excluding carboxylic acids is 2. The minimum absolute atomic E-state index is 0.140. The summed E-state index contributed by atoms with van der Waals surface area (Å²) in [5.74, 6) is -0.373. The van der Waals surface area contributed by atoms with Gasteiger partial charge < -0.3 is 24.3 Å². The van der Waals surface area contributed by atoms with E-state index in [0.717, 1.165) is 18.2 Å². The summed E-state index contributed by atoms with van der Waals surface area (Å²) in [5, 5.41) is 14.5. The number of hydrogen-bond donors (Lipinski definition) is 1. The Kier molecular flexibility index (Phi) is 9.86. The lowest BCUT2D eigenvalue weighted by atomic mass is 10.0. The van der Waals surface area contributed by atoms with Crippen LogP contribution in [0.25, 0.3) is 0 Å². The van der Waals surface area contributed by atoms with E-state index < -0.39 is 28.6 Å². The molecule has 0 spiro atoms. The molecule has 0 heterocycles. The van der Waals surface area contributed by atoms with Crippen molar-refractivity contribution in [2.24, 2.45) is 0 Å². The van der Waals surface area contributed by atoms with Crippen molar-refractivity contribution in [1.82, 2.24) is 5.32 Å². The topological polar surface area (TPSA) is 126 Å². The summed E-state index contributed by atoms with van der Waals surface area (Å²) in [4.78, 5) is 36.4. The SMILES string of the molecule is COC(=O)[C@H](Cc1cc(OCc2ccccc2)c(OCc2ccccc2)cc1[N+](=O)[O-])NC(=O)OC(C)(C)C. The van der Waals surface area contributed by atoms with Gasteiger partial charge in [0.25, 0.3) is 5.69 Å². The largest absolute Gasteiger partial charge is 0.485 e. The highest BCUT2D eigenvalue weighted by Gasteiger charge is 2.29. The molecule has 10 heteroatoms. The predicted octanol–water partition coefficient (Wildman–Crippen LogP) is 5.36. The van der Waals surface area contributed by atoms with E-state index in [-0.39, 0.29) is 42.4 Å². The van der Waals surface area contributed by atoms with Crippen molar-refractivity contribution < 1.29 is 33.5 Å². The molecule has 0 saturated heterocycles. The number of amides is 1. The van der Waals surface area contributed by atoms with E-state index in [0.29, 0.717) is 0 Å². The first kappa shape index (κ1) is 29.0. The summed E-state index contributed by atoms with van der Waals surface area (Å²) in [6, 6.07) is 20.2. The van der Waals surface area contributed by atoms with E-state index in [1.807, 2.05) is 60.7 Å². The number of benzene rings is 3. The van der Waals surface area contributed by atoms with Gasteiger partial charge in [-0.05, 0) is 38.0 Å². The molecule has 1 N–H and O–H groups in total. The molecule has 0 aliphatic carbocycles. The van der Waals surface area contributed by atoms with Crippen molar-refractivity contribution in [3.63, 3.8) is 0 Å². The molecule has 1 atom stereocenters. The fraction of sp³-hybridized carbons (Fsp3) is 0.310. The maximum absolute atomic E-state index is 12.5. The van der Waals surface area contributed by atoms with Gasteiger partial charge in [0.15, 0.2) is 11.5 Å². The van der Waals surface area contributed by atoms with Gasteiger partial charge in [0.1, 0.15) is 24.9 Å². The number of nitro groups is 1. The van der Waals surface area contributed by atoms with E-state index >= 15 is 0 Å². The maximum Gasteiger partial charge on any atom is 0.408 e. The molecular formula is C29H32N2O8. The number of nitrogens with one attached hydrogen (secondary N) is 1. The number of nitro benzene ring substituents is 1. The highest BCUT2D eigenvalue weighted by atomic mass is 16.6. The molecule has 39 heavy (non-hydrogen) atoms. The van der Waals surface area contributed by atoms with Crippen LogP contribution in [0.2, 0.25) is 0 Å². The van der Waals surface area contributed by atoms with Crippen LogP contribution in [0.5, 0.6) is 11.5 Å². The molecule has 10 nitrogen and oxygen atoms in total. The molecule has 0 aliphatic rings. The zero-order chi connectivity index (χ0) is 28.4. The summed E-state index contributed by atoms with van der Waals surface area (Å²) >= 11 is 0. The molecule has 0 fully saturated rings. The third-order valence-corrected chi connectivity index (χ3v) is 5.42. The van der Waals surface area contributed by atoms with Gasteiger partial charge in [0, 0.05) is 12.0 Å². The van der Waals surface area contributed by atoms with E-state index in [1.54, 1.807) is 20.8 Å². The zero-order valence-corrected chi connectivity index (χ0v) is 22.3. The van der Waals surface area contributed by atoms with Gasteiger partial charge in [-0.15, -0.1) is 0 Å². The van der Waals surface area contributed by atoms with E-state index in [9.17, 15) is 19.7 Å². The highest BCUT2D eigenvalue weighted by molar-refractivity contribution is 5.82. The van der Waals surface area contributed by atoms with Crippen LogP contribution in [0.15, 0.2) is 72.8 Å². The number of hydrogen-bond acceptors (Lipinski definition) is 8. The van der Waals surface area contributed by atoms with Gasteiger partial charge in [-0.1, -0.05) is 60.7 Å². The second kappa shape index (κ2) is 13.3. The summed E-state index contributed by atoms with van der Waals surface area (Å²) in [5.41, 5.74) is 0.773. The zero-order valence-electron chi connectivity index (χ0n) is 22.3. The first-order valence-corrected chi connectivity index (χ1v) is 12.3. The molecular weight excluding hydrogens is 504 g/mol. The molecule has 0 saturated carbocycles. The van der Waals surface area contributed by atoms with E-state index in [2.05, 4.69) is 5.32 Å². The number of nitrogens with zero attached hydrogens (tertiary/aromatic N) is 1. The fourth-order valence-corrected chi connectivity index (χ4v) is 3.63. The summed E-state index contributed by atoms with van der Waals surface area (Å²) in [6.45, 7) is 5.36. The van der Waals surface area contributed by atoms with Gasteiger partial charge in [-0.25, -0.2) is 9.59 Å². The van der Waals surface area contributed by atoms with E-state index in [4.69, 9.17) is 18.9 Å². The number of alkyl carbamates (subject to hydrolysis) is 1. The second-order valence-corrected chi connectivity index (χ2v) is 9.66. The third kappa shape index (κ3) is 9.03. The van der Waals surface area contributed by atoms with Gasteiger partial charge in [0.05, 0.1) is 18.1 Å². The van der Waals surface area contributed by atoms with Crippen molar-refractivity contribution in [3.8, 4) is 11.5 Å². The Morgan fingerprint density at radius 1 is 0.897 bits per heavy atom. The van der Waals surface area contributed by atoms with Crippen molar-refractivity contribution in [1.29, 1.82) is 0 Å². The molecule has 0 aliphatic heterocycles. The lowest BCUT2D eigenvalue weighted by Crippen LogP contribution is -2.45. The van der Waals surface area contributed by atoms with Crippen LogP contribution in [0.4, 0.5) is 10.5 Å². The summed E-state index contributed by atoms with van der Waals surface area (Å²) < 4.78 is 22.0. The second-order valence-electron chi connectivity index (χ2n) is 9.66. The number of rotatable bonds is 11.